The van der Waals surface area contributed by atoms with E-state index in [9.17, 15) is 0 Å². The van der Waals surface area contributed by atoms with E-state index in [1.165, 1.54) is 98.5 Å². The van der Waals surface area contributed by atoms with Gasteiger partial charge in [-0.3, -0.25) is 0 Å². The Labute approximate surface area is 336 Å². The fourth-order valence-corrected chi connectivity index (χ4v) is 9.48. The molecule has 0 N–H and O–H groups in total. The van der Waals surface area contributed by atoms with Crippen LogP contribution in [0, 0.1) is 0 Å². The van der Waals surface area contributed by atoms with Gasteiger partial charge in [-0.25, -0.2) is 0 Å². The lowest BCUT2D eigenvalue weighted by molar-refractivity contribution is 1.18. The van der Waals surface area contributed by atoms with Crippen molar-refractivity contribution in [3.05, 3.63) is 218 Å². The summed E-state index contributed by atoms with van der Waals surface area (Å²) in [5.41, 5.74) is 14.4. The fraction of sp³-hybridized carbons (Fsp3) is 0. The smallest absolute Gasteiger partial charge is 0.0541 e. The van der Waals surface area contributed by atoms with E-state index in [1.807, 2.05) is 0 Å². The SMILES string of the molecule is c1ccc2c(-c3cc(-c4ccc(-n5c6ccccc6c6ccccc65)cc4)ccc3-c3ccc(-n4c5ccccc5c5ccccc54)cc3)c3ccccc3cc2c1. The average molecular weight is 737 g/mol. The highest BCUT2D eigenvalue weighted by Crippen LogP contribution is 2.44. The van der Waals surface area contributed by atoms with E-state index in [1.54, 1.807) is 0 Å². The lowest BCUT2D eigenvalue weighted by atomic mass is 9.86. The Morgan fingerprint density at radius 3 is 1.05 bits per heavy atom. The van der Waals surface area contributed by atoms with Crippen LogP contribution < -0.4 is 0 Å². The second-order valence-corrected chi connectivity index (χ2v) is 15.3. The van der Waals surface area contributed by atoms with Crippen molar-refractivity contribution in [3.63, 3.8) is 0 Å². The standard InChI is InChI=1S/C56H36N2/c1-3-15-45-40(13-1)35-41-14-2-4-16-46(41)56(45)51-36-39(37-25-30-42(31-26-37)57-52-21-9-5-17-47(52)48-18-6-10-22-53(48)57)29-34-44(51)38-27-32-43(33-28-38)58-54-23-11-7-19-49(54)50-20-8-12-24-55(50)58/h1-36H. The summed E-state index contributed by atoms with van der Waals surface area (Å²) in [6.07, 6.45) is 0. The van der Waals surface area contributed by atoms with Crippen molar-refractivity contribution in [2.75, 3.05) is 0 Å². The molecule has 10 aromatic carbocycles. The van der Waals surface area contributed by atoms with E-state index in [0.717, 1.165) is 11.4 Å². The van der Waals surface area contributed by atoms with E-state index in [2.05, 4.69) is 228 Å². The van der Waals surface area contributed by atoms with Gasteiger partial charge in [0.1, 0.15) is 0 Å². The molecule has 0 amide bonds. The first-order chi connectivity index (χ1) is 28.8. The lowest BCUT2D eigenvalue weighted by Crippen LogP contribution is -1.95. The first-order valence-electron chi connectivity index (χ1n) is 20.0. The van der Waals surface area contributed by atoms with Crippen molar-refractivity contribution >= 4 is 65.2 Å². The van der Waals surface area contributed by atoms with Gasteiger partial charge >= 0.3 is 0 Å². The van der Waals surface area contributed by atoms with Crippen LogP contribution >= 0.6 is 0 Å². The van der Waals surface area contributed by atoms with Crippen LogP contribution in [0.3, 0.4) is 0 Å². The molecule has 0 fully saturated rings. The normalized spacial score (nSPS) is 11.8. The maximum absolute atomic E-state index is 2.42. The number of benzene rings is 10. The Bertz CT molecular complexity index is 3390. The molecule has 2 nitrogen and oxygen atoms in total. The van der Waals surface area contributed by atoms with Crippen molar-refractivity contribution in [3.8, 4) is 44.8 Å². The van der Waals surface area contributed by atoms with Crippen LogP contribution in [0.5, 0.6) is 0 Å². The molecule has 0 aliphatic carbocycles. The summed E-state index contributed by atoms with van der Waals surface area (Å²) in [7, 11) is 0. The minimum absolute atomic E-state index is 1.15. The topological polar surface area (TPSA) is 9.86 Å². The number of hydrogen-bond donors (Lipinski definition) is 0. The van der Waals surface area contributed by atoms with E-state index in [-0.39, 0.29) is 0 Å². The largest absolute Gasteiger partial charge is 0.309 e. The van der Waals surface area contributed by atoms with E-state index < -0.39 is 0 Å². The highest BCUT2D eigenvalue weighted by atomic mass is 15.0. The van der Waals surface area contributed by atoms with Crippen molar-refractivity contribution in [2.45, 2.75) is 0 Å². The average Bonchev–Trinajstić information content (AvgIpc) is 3.81. The Balaban J connectivity index is 1.03. The fourth-order valence-electron chi connectivity index (χ4n) is 9.48. The van der Waals surface area contributed by atoms with Crippen LogP contribution in [0.15, 0.2) is 218 Å². The summed E-state index contributed by atoms with van der Waals surface area (Å²) in [6.45, 7) is 0. The summed E-state index contributed by atoms with van der Waals surface area (Å²) < 4.78 is 4.77. The molecule has 2 heterocycles. The second-order valence-electron chi connectivity index (χ2n) is 15.3. The van der Waals surface area contributed by atoms with Gasteiger partial charge in [0.05, 0.1) is 22.1 Å². The third kappa shape index (κ3) is 4.99. The maximum atomic E-state index is 2.42. The van der Waals surface area contributed by atoms with Crippen LogP contribution in [0.25, 0.3) is 110 Å². The van der Waals surface area contributed by atoms with E-state index in [0.29, 0.717) is 0 Å². The van der Waals surface area contributed by atoms with Crippen LogP contribution in [-0.4, -0.2) is 9.13 Å². The van der Waals surface area contributed by atoms with Gasteiger partial charge in [0, 0.05) is 32.9 Å². The molecule has 0 unspecified atom stereocenters. The van der Waals surface area contributed by atoms with Crippen LogP contribution in [0.1, 0.15) is 0 Å². The first-order valence-corrected chi connectivity index (χ1v) is 20.0. The predicted molar refractivity (Wildman–Crippen MR) is 246 cm³/mol. The molecule has 2 aromatic heterocycles. The molecule has 0 bridgehead atoms. The number of fused-ring (bicyclic) bond motifs is 8. The minimum atomic E-state index is 1.15. The van der Waals surface area contributed by atoms with Gasteiger partial charge in [-0.05, 0) is 116 Å². The van der Waals surface area contributed by atoms with Gasteiger partial charge in [0.15, 0.2) is 0 Å². The van der Waals surface area contributed by atoms with Crippen molar-refractivity contribution in [1.82, 2.24) is 9.13 Å². The van der Waals surface area contributed by atoms with Crippen LogP contribution in [-0.2, 0) is 0 Å². The second kappa shape index (κ2) is 12.9. The van der Waals surface area contributed by atoms with Gasteiger partial charge in [0.25, 0.3) is 0 Å². The third-order valence-electron chi connectivity index (χ3n) is 12.1. The molecule has 0 aliphatic rings. The van der Waals surface area contributed by atoms with Gasteiger partial charge < -0.3 is 9.13 Å². The van der Waals surface area contributed by atoms with Crippen LogP contribution in [0.2, 0.25) is 0 Å². The highest BCUT2D eigenvalue weighted by Gasteiger charge is 2.18. The van der Waals surface area contributed by atoms with Gasteiger partial charge in [-0.15, -0.1) is 0 Å². The predicted octanol–water partition coefficient (Wildman–Crippen LogP) is 15.2. The Kier molecular flexibility index (Phi) is 7.26. The lowest BCUT2D eigenvalue weighted by Gasteiger charge is -2.18. The monoisotopic (exact) mass is 736 g/mol. The maximum Gasteiger partial charge on any atom is 0.0541 e. The number of hydrogen-bond acceptors (Lipinski definition) is 0. The van der Waals surface area contributed by atoms with Crippen LogP contribution in [0.4, 0.5) is 0 Å². The zero-order chi connectivity index (χ0) is 38.2. The molecule has 12 aromatic rings. The number of rotatable bonds is 5. The van der Waals surface area contributed by atoms with Gasteiger partial charge in [0.2, 0.25) is 0 Å². The third-order valence-corrected chi connectivity index (χ3v) is 12.1. The molecular formula is C56H36N2. The Morgan fingerprint density at radius 2 is 0.603 bits per heavy atom. The molecule has 12 rings (SSSR count). The summed E-state index contributed by atoms with van der Waals surface area (Å²) in [4.78, 5) is 0. The zero-order valence-electron chi connectivity index (χ0n) is 31.7. The number of aromatic nitrogens is 2. The van der Waals surface area contributed by atoms with Gasteiger partial charge in [-0.2, -0.15) is 0 Å². The summed E-state index contributed by atoms with van der Waals surface area (Å²) in [5.74, 6) is 0. The Hall–Kier alpha value is -7.68. The minimum Gasteiger partial charge on any atom is -0.309 e. The summed E-state index contributed by atoms with van der Waals surface area (Å²) in [6, 6.07) is 80.1. The molecule has 0 saturated heterocycles. The molecule has 0 atom stereocenters. The highest BCUT2D eigenvalue weighted by molar-refractivity contribution is 6.15. The molecule has 0 radical (unpaired) electrons. The van der Waals surface area contributed by atoms with E-state index in [4.69, 9.17) is 0 Å². The zero-order valence-corrected chi connectivity index (χ0v) is 31.7. The first kappa shape index (κ1) is 32.6. The molecular weight excluding hydrogens is 701 g/mol. The van der Waals surface area contributed by atoms with Crippen molar-refractivity contribution in [1.29, 1.82) is 0 Å². The summed E-state index contributed by atoms with van der Waals surface area (Å²) in [5, 5.41) is 10.1. The molecule has 58 heavy (non-hydrogen) atoms. The molecule has 0 spiro atoms. The molecule has 270 valence electrons. The molecule has 0 aliphatic heterocycles. The summed E-state index contributed by atoms with van der Waals surface area (Å²) >= 11 is 0. The van der Waals surface area contributed by atoms with Crippen molar-refractivity contribution in [2.24, 2.45) is 0 Å². The number of nitrogens with zero attached hydrogens (tertiary/aromatic N) is 2. The molecule has 2 heteroatoms. The number of para-hydroxylation sites is 4. The van der Waals surface area contributed by atoms with E-state index >= 15 is 0 Å². The van der Waals surface area contributed by atoms with Crippen molar-refractivity contribution < 1.29 is 0 Å². The Morgan fingerprint density at radius 1 is 0.241 bits per heavy atom. The molecule has 0 saturated carbocycles. The van der Waals surface area contributed by atoms with Gasteiger partial charge in [-0.1, -0.05) is 158 Å². The quantitative estimate of drug-likeness (QED) is 0.156.